The Bertz CT molecular complexity index is 1440. The molecule has 0 saturated carbocycles. The lowest BCUT2D eigenvalue weighted by Crippen LogP contribution is -2.29. The van der Waals surface area contributed by atoms with Crippen LogP contribution in [0.2, 0.25) is 0 Å². The van der Waals surface area contributed by atoms with Crippen molar-refractivity contribution in [3.8, 4) is 17.2 Å². The third-order valence-electron chi connectivity index (χ3n) is 6.85. The van der Waals surface area contributed by atoms with Crippen LogP contribution in [-0.4, -0.2) is 41.0 Å². The minimum atomic E-state index is -0.832. The molecule has 0 aliphatic carbocycles. The number of hydrogen-bond acceptors (Lipinski definition) is 6. The molecule has 0 spiro atoms. The molecule has 1 amide bonds. The third-order valence-corrected chi connectivity index (χ3v) is 6.85. The minimum Gasteiger partial charge on any atom is -0.507 e. The summed E-state index contributed by atoms with van der Waals surface area (Å²) < 4.78 is 17.4. The van der Waals surface area contributed by atoms with Crippen molar-refractivity contribution in [1.82, 2.24) is 4.90 Å². The molecule has 3 aromatic carbocycles. The van der Waals surface area contributed by atoms with Crippen LogP contribution in [0, 0.1) is 0 Å². The van der Waals surface area contributed by atoms with Crippen molar-refractivity contribution in [3.63, 3.8) is 0 Å². The van der Waals surface area contributed by atoms with Crippen LogP contribution < -0.4 is 14.2 Å². The first-order chi connectivity index (χ1) is 18.9. The number of nitrogens with zero attached hydrogens (tertiary/aromatic N) is 1. The topological polar surface area (TPSA) is 85.3 Å². The second-order valence-electron chi connectivity index (χ2n) is 9.61. The molecule has 1 N–H and O–H groups in total. The van der Waals surface area contributed by atoms with Crippen molar-refractivity contribution in [1.29, 1.82) is 0 Å². The van der Waals surface area contributed by atoms with E-state index in [1.54, 1.807) is 36.4 Å². The maximum absolute atomic E-state index is 13.5. The van der Waals surface area contributed by atoms with Crippen molar-refractivity contribution in [2.75, 3.05) is 13.2 Å². The van der Waals surface area contributed by atoms with Gasteiger partial charge in [-0.25, -0.2) is 0 Å². The van der Waals surface area contributed by atoms with Crippen LogP contribution in [0.3, 0.4) is 0 Å². The quantitative estimate of drug-likeness (QED) is 0.170. The van der Waals surface area contributed by atoms with Crippen LogP contribution in [0.25, 0.3) is 5.76 Å². The molecule has 39 heavy (non-hydrogen) atoms. The summed E-state index contributed by atoms with van der Waals surface area (Å²) in [5.41, 5.74) is 2.93. The molecule has 7 nitrogen and oxygen atoms in total. The van der Waals surface area contributed by atoms with Crippen LogP contribution >= 0.6 is 0 Å². The Morgan fingerprint density at radius 3 is 2.62 bits per heavy atom. The van der Waals surface area contributed by atoms with Gasteiger partial charge in [0.05, 0.1) is 18.2 Å². The lowest BCUT2D eigenvalue weighted by molar-refractivity contribution is -0.140. The van der Waals surface area contributed by atoms with E-state index >= 15 is 0 Å². The van der Waals surface area contributed by atoms with Gasteiger partial charge in [0.1, 0.15) is 24.2 Å². The van der Waals surface area contributed by atoms with E-state index in [0.717, 1.165) is 16.9 Å². The fraction of sp³-hybridized carbons (Fsp3) is 0.250. The van der Waals surface area contributed by atoms with Gasteiger partial charge in [0.2, 0.25) is 0 Å². The van der Waals surface area contributed by atoms with Gasteiger partial charge in [-0.1, -0.05) is 49.1 Å². The molecule has 3 aromatic rings. The Morgan fingerprint density at radius 1 is 1.08 bits per heavy atom. The van der Waals surface area contributed by atoms with Crippen LogP contribution in [0.5, 0.6) is 17.2 Å². The van der Waals surface area contributed by atoms with Gasteiger partial charge in [-0.05, 0) is 60.9 Å². The van der Waals surface area contributed by atoms with E-state index in [1.165, 1.54) is 4.90 Å². The fourth-order valence-electron chi connectivity index (χ4n) is 5.13. The third kappa shape index (κ3) is 5.12. The number of fused-ring (bicyclic) bond motifs is 1. The summed E-state index contributed by atoms with van der Waals surface area (Å²) in [6.07, 6.45) is 2.38. The number of aliphatic hydroxyl groups is 1. The molecule has 2 atom stereocenters. The maximum Gasteiger partial charge on any atom is 0.295 e. The molecule has 1 saturated heterocycles. The molecule has 2 aliphatic rings. The lowest BCUT2D eigenvalue weighted by atomic mass is 9.94. The van der Waals surface area contributed by atoms with Crippen molar-refractivity contribution in [3.05, 3.63) is 107 Å². The van der Waals surface area contributed by atoms with E-state index in [1.807, 2.05) is 50.2 Å². The summed E-state index contributed by atoms with van der Waals surface area (Å²) in [6, 6.07) is 19.3. The number of carbonyl (C=O) groups excluding carboxylic acids is 2. The number of amides is 1. The van der Waals surface area contributed by atoms with Gasteiger partial charge in [-0.3, -0.25) is 9.59 Å². The molecule has 5 rings (SSSR count). The van der Waals surface area contributed by atoms with E-state index in [2.05, 4.69) is 6.58 Å². The molecule has 1 fully saturated rings. The van der Waals surface area contributed by atoms with Crippen molar-refractivity contribution in [2.45, 2.75) is 39.0 Å². The van der Waals surface area contributed by atoms with Gasteiger partial charge >= 0.3 is 0 Å². The Balaban J connectivity index is 1.64. The van der Waals surface area contributed by atoms with E-state index in [4.69, 9.17) is 14.2 Å². The number of ketones is 1. The van der Waals surface area contributed by atoms with Crippen molar-refractivity contribution < 1.29 is 28.9 Å². The van der Waals surface area contributed by atoms with Crippen LogP contribution in [-0.2, 0) is 22.6 Å². The lowest BCUT2D eigenvalue weighted by Gasteiger charge is -2.26. The van der Waals surface area contributed by atoms with Gasteiger partial charge in [0.15, 0.2) is 11.5 Å². The Morgan fingerprint density at radius 2 is 1.87 bits per heavy atom. The molecular weight excluding hydrogens is 494 g/mol. The van der Waals surface area contributed by atoms with Gasteiger partial charge in [-0.15, -0.1) is 0 Å². The standard InChI is InChI=1S/C32H31NO6/c1-4-15-38-26-14-11-22(18-27(26)37-5-2)29-28(30(34)23-12-13-25-24(17-23)16-20(3)39-25)31(35)32(36)33(29)19-21-9-7-6-8-10-21/h4,6-14,17-18,20,29,34H,1,5,15-16,19H2,2-3H3/t20-,29-/m0/s1. The Labute approximate surface area is 227 Å². The molecule has 0 aromatic heterocycles. The highest BCUT2D eigenvalue weighted by molar-refractivity contribution is 6.46. The highest BCUT2D eigenvalue weighted by atomic mass is 16.5. The van der Waals surface area contributed by atoms with Gasteiger partial charge in [0, 0.05) is 18.5 Å². The molecule has 2 heterocycles. The first-order valence-electron chi connectivity index (χ1n) is 13.0. The maximum atomic E-state index is 13.5. The fourth-order valence-corrected chi connectivity index (χ4v) is 5.13. The molecular formula is C32H31NO6. The van der Waals surface area contributed by atoms with E-state index in [-0.39, 0.29) is 24.0 Å². The summed E-state index contributed by atoms with van der Waals surface area (Å²) in [5.74, 6) is 0.133. The van der Waals surface area contributed by atoms with Gasteiger partial charge in [-0.2, -0.15) is 0 Å². The number of ether oxygens (including phenoxy) is 3. The van der Waals surface area contributed by atoms with E-state index in [0.29, 0.717) is 42.3 Å². The summed E-state index contributed by atoms with van der Waals surface area (Å²) in [4.78, 5) is 28.4. The van der Waals surface area contributed by atoms with Crippen molar-refractivity contribution in [2.24, 2.45) is 0 Å². The number of rotatable bonds is 9. The smallest absolute Gasteiger partial charge is 0.295 e. The first-order valence-corrected chi connectivity index (χ1v) is 13.0. The predicted octanol–water partition coefficient (Wildman–Crippen LogP) is 5.60. The molecule has 200 valence electrons. The zero-order valence-electron chi connectivity index (χ0n) is 22.1. The second kappa shape index (κ2) is 11.1. The minimum absolute atomic E-state index is 0.0325. The highest BCUT2D eigenvalue weighted by Gasteiger charge is 2.46. The normalized spacial score (nSPS) is 19.5. The summed E-state index contributed by atoms with van der Waals surface area (Å²) >= 11 is 0. The number of benzene rings is 3. The van der Waals surface area contributed by atoms with Crippen molar-refractivity contribution >= 4 is 17.4 Å². The first kappa shape index (κ1) is 26.1. The summed E-state index contributed by atoms with van der Waals surface area (Å²) in [7, 11) is 0. The number of hydrogen-bond donors (Lipinski definition) is 1. The van der Waals surface area contributed by atoms with Crippen LogP contribution in [0.4, 0.5) is 0 Å². The summed E-state index contributed by atoms with van der Waals surface area (Å²) in [5, 5.41) is 11.5. The number of likely N-dealkylation sites (tertiary alicyclic amines) is 1. The average Bonchev–Trinajstić information content (AvgIpc) is 3.43. The van der Waals surface area contributed by atoms with E-state index < -0.39 is 17.7 Å². The van der Waals surface area contributed by atoms with Crippen LogP contribution in [0.15, 0.2) is 85.0 Å². The SMILES string of the molecule is C=CCOc1ccc([C@H]2C(=C(O)c3ccc4c(c3)C[C@H](C)O4)C(=O)C(=O)N2Cc2ccccc2)cc1OCC. The Hall–Kier alpha value is -4.52. The molecule has 0 unspecified atom stereocenters. The Kier molecular flexibility index (Phi) is 7.41. The second-order valence-corrected chi connectivity index (χ2v) is 9.61. The zero-order valence-corrected chi connectivity index (χ0v) is 22.1. The number of Topliss-reactive ketones (excluding diaryl/α,β-unsaturated/α-hetero) is 1. The average molecular weight is 526 g/mol. The largest absolute Gasteiger partial charge is 0.507 e. The van der Waals surface area contributed by atoms with E-state index in [9.17, 15) is 14.7 Å². The van der Waals surface area contributed by atoms with Gasteiger partial charge < -0.3 is 24.2 Å². The zero-order chi connectivity index (χ0) is 27.5. The monoisotopic (exact) mass is 525 g/mol. The van der Waals surface area contributed by atoms with Gasteiger partial charge in [0.25, 0.3) is 11.7 Å². The summed E-state index contributed by atoms with van der Waals surface area (Å²) in [6.45, 7) is 8.43. The molecule has 0 radical (unpaired) electrons. The van der Waals surface area contributed by atoms with Crippen LogP contribution in [0.1, 0.15) is 42.1 Å². The predicted molar refractivity (Wildman–Crippen MR) is 148 cm³/mol. The highest BCUT2D eigenvalue weighted by Crippen LogP contribution is 2.43. The number of aliphatic hydroxyl groups excluding tert-OH is 1. The molecule has 7 heteroatoms. The molecule has 0 bridgehead atoms. The number of carbonyl (C=O) groups is 2. The molecule has 2 aliphatic heterocycles.